The number of hydrogen-bond acceptors (Lipinski definition) is 1. The van der Waals surface area contributed by atoms with Crippen molar-refractivity contribution in [3.05, 3.63) is 35.9 Å². The number of rotatable bonds is 1. The predicted octanol–water partition coefficient (Wildman–Crippen LogP) is 1.92. The van der Waals surface area contributed by atoms with E-state index in [1.54, 1.807) is 0 Å². The molecular weight excluding hydrogens is 116 g/mol. The maximum Gasteiger partial charge on any atom is 0.0154 e. The first-order chi connectivity index (χ1) is 3.93. The normalized spacial score (nSPS) is 9.12. The van der Waals surface area contributed by atoms with Crippen LogP contribution in [0.3, 0.4) is 0 Å². The fourth-order valence-electron chi connectivity index (χ4n) is 0.527. The highest BCUT2D eigenvalue weighted by Gasteiger charge is 1.80. The lowest BCUT2D eigenvalue weighted by Crippen LogP contribution is -1.71. The van der Waals surface area contributed by atoms with Gasteiger partial charge in [-0.25, -0.2) is 0 Å². The molecule has 8 heavy (non-hydrogen) atoms. The summed E-state index contributed by atoms with van der Waals surface area (Å²) in [5.41, 5.74) is 1.24. The van der Waals surface area contributed by atoms with Crippen LogP contribution in [0.5, 0.6) is 0 Å². The van der Waals surface area contributed by atoms with Crippen LogP contribution in [0.15, 0.2) is 24.3 Å². The third kappa shape index (κ3) is 1.27. The molecule has 0 N–H and O–H groups in total. The molecule has 0 aliphatic heterocycles. The molecule has 0 aromatic heterocycles. The Morgan fingerprint density at radius 2 is 2.00 bits per heavy atom. The van der Waals surface area contributed by atoms with Crippen LogP contribution in [0.1, 0.15) is 5.56 Å². The lowest BCUT2D eigenvalue weighted by atomic mass is 10.2. The van der Waals surface area contributed by atoms with Gasteiger partial charge in [0.15, 0.2) is 0 Å². The zero-order valence-corrected chi connectivity index (χ0v) is 5.36. The molecule has 0 aliphatic rings. The first kappa shape index (κ1) is 5.70. The molecule has 1 heteroatoms. The zero-order valence-electron chi connectivity index (χ0n) is 4.46. The highest BCUT2D eigenvalue weighted by Crippen LogP contribution is 1.99. The van der Waals surface area contributed by atoms with Gasteiger partial charge in [-0.1, -0.05) is 24.3 Å². The van der Waals surface area contributed by atoms with E-state index < -0.39 is 0 Å². The topological polar surface area (TPSA) is 0 Å². The Morgan fingerprint density at radius 1 is 1.38 bits per heavy atom. The maximum absolute atomic E-state index is 4.10. The van der Waals surface area contributed by atoms with Crippen molar-refractivity contribution in [3.63, 3.8) is 0 Å². The molecule has 0 nitrogen and oxygen atoms in total. The number of benzene rings is 1. The summed E-state index contributed by atoms with van der Waals surface area (Å²) in [6.45, 7) is 0. The molecule has 0 atom stereocenters. The lowest BCUT2D eigenvalue weighted by molar-refractivity contribution is 1.43. The highest BCUT2D eigenvalue weighted by atomic mass is 32.1. The van der Waals surface area contributed by atoms with Crippen molar-refractivity contribution < 1.29 is 0 Å². The SMILES string of the molecule is SCc1cc[c]cc1. The van der Waals surface area contributed by atoms with E-state index in [0.29, 0.717) is 0 Å². The van der Waals surface area contributed by atoms with E-state index in [1.807, 2.05) is 24.3 Å². The molecule has 1 aromatic rings. The van der Waals surface area contributed by atoms with Crippen molar-refractivity contribution in [1.82, 2.24) is 0 Å². The molecule has 41 valence electrons. The van der Waals surface area contributed by atoms with E-state index in [4.69, 9.17) is 0 Å². The minimum atomic E-state index is 0.814. The molecule has 0 saturated carbocycles. The van der Waals surface area contributed by atoms with Crippen LogP contribution >= 0.6 is 12.6 Å². The third-order valence-corrected chi connectivity index (χ3v) is 1.33. The molecule has 1 aromatic carbocycles. The Kier molecular flexibility index (Phi) is 1.98. The molecular formula is C7H7S. The highest BCUT2D eigenvalue weighted by molar-refractivity contribution is 7.79. The smallest absolute Gasteiger partial charge is 0.0154 e. The van der Waals surface area contributed by atoms with Gasteiger partial charge >= 0.3 is 0 Å². The second-order valence-corrected chi connectivity index (χ2v) is 1.88. The van der Waals surface area contributed by atoms with Gasteiger partial charge in [-0.05, 0) is 11.6 Å². The quantitative estimate of drug-likeness (QED) is 0.542. The van der Waals surface area contributed by atoms with E-state index in [0.717, 1.165) is 5.75 Å². The van der Waals surface area contributed by atoms with Crippen LogP contribution in [0.25, 0.3) is 0 Å². The summed E-state index contributed by atoms with van der Waals surface area (Å²) in [7, 11) is 0. The van der Waals surface area contributed by atoms with Crippen molar-refractivity contribution in [2.75, 3.05) is 0 Å². The number of thiol groups is 1. The van der Waals surface area contributed by atoms with Crippen molar-refractivity contribution in [1.29, 1.82) is 0 Å². The van der Waals surface area contributed by atoms with Crippen LogP contribution in [0.2, 0.25) is 0 Å². The van der Waals surface area contributed by atoms with E-state index in [9.17, 15) is 0 Å². The van der Waals surface area contributed by atoms with Crippen LogP contribution in [0.4, 0.5) is 0 Å². The molecule has 0 bridgehead atoms. The Morgan fingerprint density at radius 3 is 2.38 bits per heavy atom. The average Bonchev–Trinajstić information content (AvgIpc) is 1.90. The summed E-state index contributed by atoms with van der Waals surface area (Å²) in [5.74, 6) is 0.814. The van der Waals surface area contributed by atoms with Gasteiger partial charge in [-0.15, -0.1) is 0 Å². The third-order valence-electron chi connectivity index (χ3n) is 0.970. The van der Waals surface area contributed by atoms with Crippen molar-refractivity contribution >= 4 is 12.6 Å². The first-order valence-electron chi connectivity index (χ1n) is 2.49. The fraction of sp³-hybridized carbons (Fsp3) is 0.143. The van der Waals surface area contributed by atoms with Gasteiger partial charge in [0.25, 0.3) is 0 Å². The summed E-state index contributed by atoms with van der Waals surface area (Å²) in [6.07, 6.45) is 0. The van der Waals surface area contributed by atoms with Crippen molar-refractivity contribution in [2.45, 2.75) is 5.75 Å². The van der Waals surface area contributed by atoms with Crippen LogP contribution in [-0.2, 0) is 5.75 Å². The Balaban J connectivity index is 2.83. The van der Waals surface area contributed by atoms with Gasteiger partial charge in [0, 0.05) is 5.75 Å². The van der Waals surface area contributed by atoms with E-state index in [-0.39, 0.29) is 0 Å². The standard InChI is InChI=1S/C7H7S/c8-6-7-4-2-1-3-5-7/h2-5,8H,6H2. The van der Waals surface area contributed by atoms with Crippen molar-refractivity contribution in [3.8, 4) is 0 Å². The largest absolute Gasteiger partial charge is 0.175 e. The molecule has 0 aliphatic carbocycles. The second kappa shape index (κ2) is 2.78. The lowest BCUT2D eigenvalue weighted by Gasteiger charge is -1.88. The Labute approximate surface area is 55.0 Å². The summed E-state index contributed by atoms with van der Waals surface area (Å²) in [6, 6.07) is 10.7. The predicted molar refractivity (Wildman–Crippen MR) is 38.0 cm³/mol. The molecule has 1 rings (SSSR count). The van der Waals surface area contributed by atoms with Crippen LogP contribution < -0.4 is 0 Å². The molecule has 0 fully saturated rings. The summed E-state index contributed by atoms with van der Waals surface area (Å²) in [5, 5.41) is 0. The summed E-state index contributed by atoms with van der Waals surface area (Å²) < 4.78 is 0. The minimum absolute atomic E-state index is 0.814. The van der Waals surface area contributed by atoms with Crippen molar-refractivity contribution in [2.24, 2.45) is 0 Å². The first-order valence-corrected chi connectivity index (χ1v) is 3.12. The molecule has 0 unspecified atom stereocenters. The monoisotopic (exact) mass is 123 g/mol. The molecule has 0 spiro atoms. The van der Waals surface area contributed by atoms with Gasteiger partial charge in [-0.2, -0.15) is 12.6 Å². The van der Waals surface area contributed by atoms with Gasteiger partial charge in [0.2, 0.25) is 0 Å². The van der Waals surface area contributed by atoms with E-state index in [1.165, 1.54) is 5.56 Å². The zero-order chi connectivity index (χ0) is 5.82. The molecule has 1 radical (unpaired) electrons. The van der Waals surface area contributed by atoms with Gasteiger partial charge < -0.3 is 0 Å². The van der Waals surface area contributed by atoms with E-state index >= 15 is 0 Å². The van der Waals surface area contributed by atoms with Gasteiger partial charge in [0.05, 0.1) is 0 Å². The summed E-state index contributed by atoms with van der Waals surface area (Å²) >= 11 is 4.10. The molecule has 0 heterocycles. The van der Waals surface area contributed by atoms with Gasteiger partial charge in [-0.3, -0.25) is 0 Å². The fourth-order valence-corrected chi connectivity index (χ4v) is 0.738. The average molecular weight is 123 g/mol. The van der Waals surface area contributed by atoms with Gasteiger partial charge in [0.1, 0.15) is 0 Å². The molecule has 0 amide bonds. The van der Waals surface area contributed by atoms with Crippen LogP contribution in [-0.4, -0.2) is 0 Å². The Bertz CT molecular complexity index is 146. The minimum Gasteiger partial charge on any atom is -0.175 e. The second-order valence-electron chi connectivity index (χ2n) is 1.57. The van der Waals surface area contributed by atoms with E-state index in [2.05, 4.69) is 18.7 Å². The maximum atomic E-state index is 4.10. The Hall–Kier alpha value is -0.430. The summed E-state index contributed by atoms with van der Waals surface area (Å²) in [4.78, 5) is 0. The molecule has 0 saturated heterocycles. The van der Waals surface area contributed by atoms with Crippen LogP contribution in [0, 0.1) is 6.07 Å². The number of hydrogen-bond donors (Lipinski definition) is 1.